The highest BCUT2D eigenvalue weighted by molar-refractivity contribution is 7.09. The summed E-state index contributed by atoms with van der Waals surface area (Å²) in [7, 11) is 1.91. The number of likely N-dealkylation sites (N-methyl/N-ethyl adjacent to an activating group) is 1. The first-order valence-corrected chi connectivity index (χ1v) is 21.4. The topological polar surface area (TPSA) is 202 Å². The van der Waals surface area contributed by atoms with Crippen molar-refractivity contribution in [1.82, 2.24) is 30.8 Å². The molecule has 1 unspecified atom stereocenters. The second kappa shape index (κ2) is 23.9. The van der Waals surface area contributed by atoms with Crippen LogP contribution in [0.4, 0.5) is 0 Å². The third kappa shape index (κ3) is 14.5. The monoisotopic (exact) mass is 827 g/mol. The molecule has 1 aliphatic rings. The van der Waals surface area contributed by atoms with Gasteiger partial charge in [0, 0.05) is 43.1 Å². The maximum absolute atomic E-state index is 14.8. The van der Waals surface area contributed by atoms with E-state index in [1.807, 2.05) is 76.9 Å². The van der Waals surface area contributed by atoms with Crippen molar-refractivity contribution in [3.63, 3.8) is 0 Å². The molecule has 0 saturated carbocycles. The number of esters is 2. The molecule has 7 atom stereocenters. The SMILES string of the molecule is CCCC(=O)OCN(C(=O)[C@@H](NC(=O)[C@H]1CCCCN1C)C(C)CC)[C@H](C[C@@H](OC(C)=O)c1nc(C(=O)N[C@@H](Cc2ccccc2)C[C@H](C)C(=O)NN)cs1)C(C)C. The van der Waals surface area contributed by atoms with Crippen molar-refractivity contribution < 1.29 is 38.2 Å². The Kier molecular flexibility index (Phi) is 19.7. The van der Waals surface area contributed by atoms with Crippen LogP contribution in [-0.2, 0) is 39.9 Å². The van der Waals surface area contributed by atoms with Gasteiger partial charge in [0.25, 0.3) is 5.91 Å². The van der Waals surface area contributed by atoms with Gasteiger partial charge in [-0.15, -0.1) is 11.3 Å². The fraction of sp³-hybridized carbons (Fsp3) is 0.643. The van der Waals surface area contributed by atoms with Crippen molar-refractivity contribution in [3.8, 4) is 0 Å². The molecule has 0 spiro atoms. The number of carbonyl (C=O) groups is 6. The average molecular weight is 828 g/mol. The Balaban J connectivity index is 1.95. The van der Waals surface area contributed by atoms with Gasteiger partial charge in [-0.3, -0.25) is 39.1 Å². The Morgan fingerprint density at radius 1 is 1.02 bits per heavy atom. The summed E-state index contributed by atoms with van der Waals surface area (Å²) in [5.74, 6) is 1.90. The third-order valence-electron chi connectivity index (χ3n) is 10.8. The fourth-order valence-corrected chi connectivity index (χ4v) is 8.04. The molecule has 1 aliphatic heterocycles. The molecule has 2 heterocycles. The van der Waals surface area contributed by atoms with Crippen LogP contribution in [0.15, 0.2) is 35.7 Å². The zero-order valence-electron chi connectivity index (χ0n) is 35.5. The average Bonchev–Trinajstić information content (AvgIpc) is 3.69. The lowest BCUT2D eigenvalue weighted by atomic mass is 9.92. The highest BCUT2D eigenvalue weighted by Crippen LogP contribution is 2.32. The molecule has 0 radical (unpaired) electrons. The molecule has 58 heavy (non-hydrogen) atoms. The number of hydrogen-bond acceptors (Lipinski definition) is 12. The quantitative estimate of drug-likeness (QED) is 0.0423. The molecule has 3 rings (SSSR count). The number of hydrogen-bond donors (Lipinski definition) is 4. The minimum absolute atomic E-state index is 0.0672. The summed E-state index contributed by atoms with van der Waals surface area (Å²) in [4.78, 5) is 87.8. The fourth-order valence-electron chi connectivity index (χ4n) is 7.20. The normalized spacial score (nSPS) is 17.5. The van der Waals surface area contributed by atoms with Gasteiger partial charge in [-0.05, 0) is 63.1 Å². The van der Waals surface area contributed by atoms with Crippen LogP contribution in [0.2, 0.25) is 0 Å². The van der Waals surface area contributed by atoms with Crippen molar-refractivity contribution in [1.29, 1.82) is 0 Å². The Bertz CT molecular complexity index is 1660. The lowest BCUT2D eigenvalue weighted by Crippen LogP contribution is -2.59. The second-order valence-electron chi connectivity index (χ2n) is 15.8. The number of nitrogens with zero attached hydrogens (tertiary/aromatic N) is 3. The van der Waals surface area contributed by atoms with Crippen LogP contribution >= 0.6 is 11.3 Å². The van der Waals surface area contributed by atoms with E-state index in [0.29, 0.717) is 37.1 Å². The number of likely N-dealkylation sites (tertiary alicyclic amines) is 1. The van der Waals surface area contributed by atoms with Crippen molar-refractivity contribution in [2.45, 2.75) is 137 Å². The van der Waals surface area contributed by atoms with Gasteiger partial charge in [0.15, 0.2) is 12.8 Å². The highest BCUT2D eigenvalue weighted by Gasteiger charge is 2.39. The Morgan fingerprint density at radius 2 is 1.72 bits per heavy atom. The summed E-state index contributed by atoms with van der Waals surface area (Å²) in [6.07, 6.45) is 3.79. The number of thiazole rings is 1. The summed E-state index contributed by atoms with van der Waals surface area (Å²) in [5.41, 5.74) is 3.24. The molecule has 2 aromatic rings. The molecule has 322 valence electrons. The Hall–Kier alpha value is -4.41. The summed E-state index contributed by atoms with van der Waals surface area (Å²) in [6, 6.07) is 7.21. The number of benzene rings is 1. The van der Waals surface area contributed by atoms with Crippen LogP contribution < -0.4 is 21.9 Å². The first-order valence-electron chi connectivity index (χ1n) is 20.5. The number of aromatic nitrogens is 1. The maximum Gasteiger partial charge on any atom is 0.307 e. The van der Waals surface area contributed by atoms with Crippen LogP contribution in [0.3, 0.4) is 0 Å². The lowest BCUT2D eigenvalue weighted by molar-refractivity contribution is -0.160. The van der Waals surface area contributed by atoms with E-state index in [-0.39, 0.29) is 55.0 Å². The van der Waals surface area contributed by atoms with Crippen molar-refractivity contribution in [3.05, 3.63) is 52.0 Å². The van der Waals surface area contributed by atoms with E-state index in [1.54, 1.807) is 12.3 Å². The van der Waals surface area contributed by atoms with Gasteiger partial charge in [-0.2, -0.15) is 0 Å². The van der Waals surface area contributed by atoms with Gasteiger partial charge >= 0.3 is 11.9 Å². The number of nitrogens with two attached hydrogens (primary N) is 1. The van der Waals surface area contributed by atoms with E-state index >= 15 is 0 Å². The number of carbonyl (C=O) groups excluding carboxylic acids is 6. The smallest absolute Gasteiger partial charge is 0.307 e. The molecule has 1 fully saturated rings. The second-order valence-corrected chi connectivity index (χ2v) is 16.7. The van der Waals surface area contributed by atoms with Crippen molar-refractivity contribution in [2.75, 3.05) is 20.3 Å². The molecule has 1 saturated heterocycles. The predicted octanol–water partition coefficient (Wildman–Crippen LogP) is 4.66. The zero-order valence-corrected chi connectivity index (χ0v) is 36.3. The molecule has 16 heteroatoms. The van der Waals surface area contributed by atoms with E-state index in [4.69, 9.17) is 15.3 Å². The summed E-state index contributed by atoms with van der Waals surface area (Å²) >= 11 is 1.14. The lowest BCUT2D eigenvalue weighted by Gasteiger charge is -2.39. The van der Waals surface area contributed by atoms with E-state index in [1.165, 1.54) is 11.8 Å². The number of amides is 4. The molecule has 1 aromatic carbocycles. The number of piperidine rings is 1. The minimum atomic E-state index is -0.973. The summed E-state index contributed by atoms with van der Waals surface area (Å²) < 4.78 is 11.5. The van der Waals surface area contributed by atoms with Gasteiger partial charge in [0.05, 0.1) is 6.04 Å². The number of nitrogens with one attached hydrogen (secondary N) is 3. The van der Waals surface area contributed by atoms with E-state index in [9.17, 15) is 28.8 Å². The van der Waals surface area contributed by atoms with E-state index in [2.05, 4.69) is 21.0 Å². The van der Waals surface area contributed by atoms with Crippen LogP contribution in [0.5, 0.6) is 0 Å². The van der Waals surface area contributed by atoms with E-state index in [0.717, 1.165) is 36.3 Å². The summed E-state index contributed by atoms with van der Waals surface area (Å²) in [6.45, 7) is 13.0. The number of rotatable bonds is 22. The van der Waals surface area contributed by atoms with Gasteiger partial charge in [0.2, 0.25) is 17.7 Å². The number of hydrazine groups is 1. The van der Waals surface area contributed by atoms with Crippen LogP contribution in [0.25, 0.3) is 0 Å². The molecule has 0 aliphatic carbocycles. The first-order chi connectivity index (χ1) is 27.6. The first kappa shape index (κ1) is 48.0. The molecular weight excluding hydrogens is 763 g/mol. The van der Waals surface area contributed by atoms with Crippen LogP contribution in [-0.4, -0.2) is 94.8 Å². The van der Waals surface area contributed by atoms with Crippen LogP contribution in [0, 0.1) is 17.8 Å². The van der Waals surface area contributed by atoms with Crippen molar-refractivity contribution >= 4 is 46.9 Å². The molecule has 15 nitrogen and oxygen atoms in total. The predicted molar refractivity (Wildman–Crippen MR) is 222 cm³/mol. The van der Waals surface area contributed by atoms with Gasteiger partial charge < -0.3 is 25.0 Å². The molecule has 0 bridgehead atoms. The number of ether oxygens (including phenoxy) is 2. The largest absolute Gasteiger partial charge is 0.455 e. The minimum Gasteiger partial charge on any atom is -0.455 e. The maximum atomic E-state index is 14.8. The molecule has 1 aromatic heterocycles. The molecule has 4 amide bonds. The molecular formula is C42H65N7O8S. The van der Waals surface area contributed by atoms with Gasteiger partial charge in [-0.25, -0.2) is 10.8 Å². The van der Waals surface area contributed by atoms with Crippen molar-refractivity contribution in [2.24, 2.45) is 23.6 Å². The van der Waals surface area contributed by atoms with Gasteiger partial charge in [0.1, 0.15) is 16.7 Å². The Labute approximate surface area is 347 Å². The highest BCUT2D eigenvalue weighted by atomic mass is 32.1. The standard InChI is InChI=1S/C42H65N7O8S/c1-9-16-36(51)56-25-49(42(55)37(27(5)10-2)46-40(54)33-19-14-15-20-48(33)8)34(26(3)4)23-35(57-29(7)50)41-45-32(24-58-41)39(53)44-31(21-28(6)38(52)47-43)22-30-17-12-11-13-18-30/h11-13,17-18,24,26-28,31,33-35,37H,9-10,14-16,19-23,25,43H2,1-8H3,(H,44,53)(H,46,54)(H,47,52)/t27?,28-,31+,33+,34+,35+,37-/m0/s1. The van der Waals surface area contributed by atoms with Crippen LogP contribution in [0.1, 0.15) is 127 Å². The Morgan fingerprint density at radius 3 is 2.33 bits per heavy atom. The molecule has 5 N–H and O–H groups in total. The zero-order chi connectivity index (χ0) is 42.9. The van der Waals surface area contributed by atoms with E-state index < -0.39 is 53.9 Å². The van der Waals surface area contributed by atoms with Gasteiger partial charge in [-0.1, -0.05) is 84.7 Å². The summed E-state index contributed by atoms with van der Waals surface area (Å²) in [5, 5.41) is 8.00. The third-order valence-corrected chi connectivity index (χ3v) is 11.7.